The summed E-state index contributed by atoms with van der Waals surface area (Å²) in [6.07, 6.45) is 15.6. The molecule has 1 heteroatoms. The molecule has 0 saturated heterocycles. The summed E-state index contributed by atoms with van der Waals surface area (Å²) in [7, 11) is 0. The average molecular weight is 284 g/mol. The van der Waals surface area contributed by atoms with Crippen molar-refractivity contribution in [2.24, 2.45) is 5.41 Å². The van der Waals surface area contributed by atoms with Crippen molar-refractivity contribution in [3.8, 4) is 0 Å². The summed E-state index contributed by atoms with van der Waals surface area (Å²) < 4.78 is 0. The van der Waals surface area contributed by atoms with Gasteiger partial charge in [-0.25, -0.2) is 0 Å². The van der Waals surface area contributed by atoms with Gasteiger partial charge in [-0.2, -0.15) is 0 Å². The molecule has 1 rings (SSSR count). The molecule has 1 nitrogen and oxygen atoms in total. The van der Waals surface area contributed by atoms with Gasteiger partial charge in [-0.15, -0.1) is 0 Å². The lowest BCUT2D eigenvalue weighted by Crippen LogP contribution is -2.19. The summed E-state index contributed by atoms with van der Waals surface area (Å²) in [5, 5.41) is 0. The van der Waals surface area contributed by atoms with Crippen molar-refractivity contribution in [3.05, 3.63) is 59.3 Å². The predicted molar refractivity (Wildman–Crippen MR) is 92.2 cm³/mol. The summed E-state index contributed by atoms with van der Waals surface area (Å²) in [4.78, 5) is 10.5. The zero-order valence-corrected chi connectivity index (χ0v) is 13.9. The van der Waals surface area contributed by atoms with Gasteiger partial charge in [0.25, 0.3) is 0 Å². The monoisotopic (exact) mass is 284 g/mol. The van der Waals surface area contributed by atoms with Gasteiger partial charge in [-0.1, -0.05) is 62.0 Å². The number of allylic oxidation sites excluding steroid dienone is 9. The van der Waals surface area contributed by atoms with E-state index < -0.39 is 0 Å². The molecule has 0 amide bonds. The van der Waals surface area contributed by atoms with Crippen LogP contribution in [0.15, 0.2) is 59.3 Å². The summed E-state index contributed by atoms with van der Waals surface area (Å²) >= 11 is 0. The quantitative estimate of drug-likeness (QED) is 0.346. The summed E-state index contributed by atoms with van der Waals surface area (Å²) in [6, 6.07) is 0. The molecule has 0 fully saturated rings. The van der Waals surface area contributed by atoms with Crippen LogP contribution in [0, 0.1) is 5.41 Å². The van der Waals surface area contributed by atoms with Gasteiger partial charge >= 0.3 is 0 Å². The van der Waals surface area contributed by atoms with Crippen molar-refractivity contribution in [1.29, 1.82) is 0 Å². The van der Waals surface area contributed by atoms with E-state index in [1.807, 2.05) is 18.2 Å². The molecule has 0 bridgehead atoms. The maximum atomic E-state index is 10.5. The van der Waals surface area contributed by atoms with E-state index in [4.69, 9.17) is 0 Å². The van der Waals surface area contributed by atoms with Gasteiger partial charge < -0.3 is 0 Å². The Balaban J connectivity index is 2.64. The molecular formula is C20H28O. The first-order chi connectivity index (χ1) is 9.86. The first-order valence-corrected chi connectivity index (χ1v) is 7.71. The maximum Gasteiger partial charge on any atom is 0.145 e. The standard InChI is InChI=1S/C20H28O/c1-16(9-6-7-10-17(2)15-21)12-13-19-18(3)11-8-14-20(19,4)5/h6-7,10,12-13,15H,1,8-9,11,14H2,2-5H3/b7-6+,13-12+,17-10+. The molecule has 0 aliphatic heterocycles. The van der Waals surface area contributed by atoms with E-state index in [0.29, 0.717) is 0 Å². The molecule has 0 N–H and O–H groups in total. The highest BCUT2D eigenvalue weighted by molar-refractivity contribution is 5.72. The number of rotatable bonds is 6. The Kier molecular flexibility index (Phi) is 6.61. The third-order valence-corrected chi connectivity index (χ3v) is 4.09. The third kappa shape index (κ3) is 5.71. The van der Waals surface area contributed by atoms with Crippen molar-refractivity contribution in [1.82, 2.24) is 0 Å². The van der Waals surface area contributed by atoms with Crippen molar-refractivity contribution in [2.45, 2.75) is 53.4 Å². The number of carbonyl (C=O) groups excluding carboxylic acids is 1. The Morgan fingerprint density at radius 1 is 1.38 bits per heavy atom. The van der Waals surface area contributed by atoms with E-state index in [0.717, 1.165) is 23.9 Å². The molecule has 1 aliphatic carbocycles. The van der Waals surface area contributed by atoms with Gasteiger partial charge in [0.15, 0.2) is 0 Å². The van der Waals surface area contributed by atoms with Gasteiger partial charge in [0, 0.05) is 0 Å². The summed E-state index contributed by atoms with van der Waals surface area (Å²) in [5.41, 5.74) is 5.08. The van der Waals surface area contributed by atoms with E-state index in [1.165, 1.54) is 30.4 Å². The fourth-order valence-corrected chi connectivity index (χ4v) is 2.76. The molecular weight excluding hydrogens is 256 g/mol. The van der Waals surface area contributed by atoms with Crippen LogP contribution in [-0.4, -0.2) is 6.29 Å². The van der Waals surface area contributed by atoms with E-state index in [9.17, 15) is 4.79 Å². The average Bonchev–Trinajstić information content (AvgIpc) is 2.42. The highest BCUT2D eigenvalue weighted by Gasteiger charge is 2.26. The van der Waals surface area contributed by atoms with Gasteiger partial charge in [-0.05, 0) is 56.1 Å². The first kappa shape index (κ1) is 17.4. The largest absolute Gasteiger partial charge is 0.298 e. The minimum atomic E-state index is 0.277. The Bertz CT molecular complexity index is 510. The molecule has 0 radical (unpaired) electrons. The lowest BCUT2D eigenvalue weighted by molar-refractivity contribution is -0.104. The Morgan fingerprint density at radius 3 is 2.71 bits per heavy atom. The number of hydrogen-bond donors (Lipinski definition) is 0. The molecule has 0 atom stereocenters. The first-order valence-electron chi connectivity index (χ1n) is 7.71. The van der Waals surface area contributed by atoms with Crippen molar-refractivity contribution < 1.29 is 4.79 Å². The van der Waals surface area contributed by atoms with Crippen molar-refractivity contribution in [3.63, 3.8) is 0 Å². The molecule has 0 aromatic rings. The minimum absolute atomic E-state index is 0.277. The van der Waals surface area contributed by atoms with E-state index in [-0.39, 0.29) is 5.41 Å². The van der Waals surface area contributed by atoms with Gasteiger partial charge in [-0.3, -0.25) is 4.79 Å². The third-order valence-electron chi connectivity index (χ3n) is 4.09. The number of hydrogen-bond acceptors (Lipinski definition) is 1. The summed E-state index contributed by atoms with van der Waals surface area (Å²) in [6.45, 7) is 12.8. The molecule has 1 aliphatic rings. The Labute approximate surface area is 129 Å². The van der Waals surface area contributed by atoms with Crippen LogP contribution in [-0.2, 0) is 4.79 Å². The molecule has 0 aromatic heterocycles. The van der Waals surface area contributed by atoms with E-state index in [1.54, 1.807) is 6.92 Å². The molecule has 0 unspecified atom stereocenters. The highest BCUT2D eigenvalue weighted by atomic mass is 16.1. The lowest BCUT2D eigenvalue weighted by atomic mass is 9.72. The fraction of sp³-hybridized carbons (Fsp3) is 0.450. The molecule has 0 heterocycles. The summed E-state index contributed by atoms with van der Waals surface area (Å²) in [5.74, 6) is 0. The van der Waals surface area contributed by atoms with Gasteiger partial charge in [0.2, 0.25) is 0 Å². The van der Waals surface area contributed by atoms with E-state index in [2.05, 4.69) is 39.5 Å². The lowest BCUT2D eigenvalue weighted by Gasteiger charge is -2.33. The predicted octanol–water partition coefficient (Wildman–Crippen LogP) is 5.72. The van der Waals surface area contributed by atoms with Crippen molar-refractivity contribution in [2.75, 3.05) is 0 Å². The Hall–Kier alpha value is -1.63. The second-order valence-corrected chi connectivity index (χ2v) is 6.58. The molecule has 0 saturated carbocycles. The molecule has 0 spiro atoms. The van der Waals surface area contributed by atoms with Gasteiger partial charge in [0.1, 0.15) is 6.29 Å². The molecule has 21 heavy (non-hydrogen) atoms. The number of aldehydes is 1. The SMILES string of the molecule is C=C(/C=C/C1=C(C)CCCC1(C)C)C/C=C/C=C(\C)C=O. The van der Waals surface area contributed by atoms with Crippen LogP contribution in [0.25, 0.3) is 0 Å². The zero-order chi connectivity index (χ0) is 15.9. The maximum absolute atomic E-state index is 10.5. The van der Waals surface area contributed by atoms with Crippen LogP contribution >= 0.6 is 0 Å². The topological polar surface area (TPSA) is 17.1 Å². The normalized spacial score (nSPS) is 19.5. The van der Waals surface area contributed by atoms with Crippen LogP contribution in [0.1, 0.15) is 53.4 Å². The van der Waals surface area contributed by atoms with Gasteiger partial charge in [0.05, 0.1) is 0 Å². The minimum Gasteiger partial charge on any atom is -0.298 e. The highest BCUT2D eigenvalue weighted by Crippen LogP contribution is 2.40. The fourth-order valence-electron chi connectivity index (χ4n) is 2.76. The smallest absolute Gasteiger partial charge is 0.145 e. The van der Waals surface area contributed by atoms with Crippen LogP contribution in [0.2, 0.25) is 0 Å². The van der Waals surface area contributed by atoms with Crippen LogP contribution in [0.4, 0.5) is 0 Å². The van der Waals surface area contributed by atoms with Crippen LogP contribution in [0.3, 0.4) is 0 Å². The molecule has 114 valence electrons. The van der Waals surface area contributed by atoms with E-state index >= 15 is 0 Å². The Morgan fingerprint density at radius 2 is 2.10 bits per heavy atom. The van der Waals surface area contributed by atoms with Crippen LogP contribution in [0.5, 0.6) is 0 Å². The second-order valence-electron chi connectivity index (χ2n) is 6.58. The van der Waals surface area contributed by atoms with Crippen molar-refractivity contribution >= 4 is 6.29 Å². The number of carbonyl (C=O) groups is 1. The van der Waals surface area contributed by atoms with Crippen LogP contribution < -0.4 is 0 Å². The zero-order valence-electron chi connectivity index (χ0n) is 13.9. The second kappa shape index (κ2) is 7.97. The molecule has 0 aromatic carbocycles.